The fourth-order valence-corrected chi connectivity index (χ4v) is 1.99. The number of carboxylic acid groups (broad SMARTS) is 1. The maximum absolute atomic E-state index is 12.4. The van der Waals surface area contributed by atoms with Gasteiger partial charge >= 0.3 is 18.3 Å². The van der Waals surface area contributed by atoms with Gasteiger partial charge in [0.05, 0.1) is 5.92 Å². The number of hydrogen-bond acceptors (Lipinski definition) is 2. The van der Waals surface area contributed by atoms with Crippen molar-refractivity contribution in [1.29, 1.82) is 0 Å². The number of halogens is 6. The van der Waals surface area contributed by atoms with Crippen molar-refractivity contribution in [3.63, 3.8) is 0 Å². The molecule has 1 N–H and O–H groups in total. The molecular weight excluding hydrogens is 296 g/mol. The Morgan fingerprint density at radius 1 is 1.00 bits per heavy atom. The molecule has 116 valence electrons. The van der Waals surface area contributed by atoms with E-state index in [2.05, 4.69) is 0 Å². The van der Waals surface area contributed by atoms with Crippen LogP contribution in [-0.4, -0.2) is 47.3 Å². The molecule has 0 saturated carbocycles. The van der Waals surface area contributed by atoms with Crippen LogP contribution in [0.2, 0.25) is 0 Å². The van der Waals surface area contributed by atoms with Gasteiger partial charge in [0.25, 0.3) is 0 Å². The summed E-state index contributed by atoms with van der Waals surface area (Å²) in [5.41, 5.74) is 0. The molecular formula is C10H11F6NO3. The lowest BCUT2D eigenvalue weighted by Crippen LogP contribution is -2.51. The highest BCUT2D eigenvalue weighted by Gasteiger charge is 2.62. The zero-order valence-corrected chi connectivity index (χ0v) is 9.96. The Kier molecular flexibility index (Phi) is 4.55. The second-order valence-electron chi connectivity index (χ2n) is 4.45. The molecule has 0 aromatic heterocycles. The van der Waals surface area contributed by atoms with Crippen molar-refractivity contribution >= 4 is 11.9 Å². The summed E-state index contributed by atoms with van der Waals surface area (Å²) in [7, 11) is 0. The van der Waals surface area contributed by atoms with Crippen LogP contribution in [0.25, 0.3) is 0 Å². The molecule has 0 radical (unpaired) electrons. The molecule has 1 rings (SSSR count). The summed E-state index contributed by atoms with van der Waals surface area (Å²) in [6.07, 6.45) is -11.8. The van der Waals surface area contributed by atoms with E-state index in [0.717, 1.165) is 0 Å². The number of piperidine rings is 1. The molecule has 0 spiro atoms. The van der Waals surface area contributed by atoms with Gasteiger partial charge in [0, 0.05) is 13.1 Å². The van der Waals surface area contributed by atoms with Gasteiger partial charge in [-0.05, 0) is 12.8 Å². The molecule has 0 aliphatic carbocycles. The van der Waals surface area contributed by atoms with E-state index >= 15 is 0 Å². The standard InChI is InChI=1S/C10H11F6NO3/c11-9(12,13)6(10(14,15)16)7(18)17-3-1-5(2-4-17)8(19)20/h5-6H,1-4H2,(H,19,20). The first kappa shape index (κ1) is 16.6. The fraction of sp³-hybridized carbons (Fsp3) is 0.800. The van der Waals surface area contributed by atoms with E-state index in [1.807, 2.05) is 0 Å². The molecule has 0 aromatic carbocycles. The largest absolute Gasteiger partial charge is 0.481 e. The first-order valence-electron chi connectivity index (χ1n) is 5.59. The topological polar surface area (TPSA) is 57.6 Å². The Balaban J connectivity index is 2.81. The Morgan fingerprint density at radius 2 is 1.40 bits per heavy atom. The van der Waals surface area contributed by atoms with E-state index in [4.69, 9.17) is 5.11 Å². The molecule has 1 aliphatic rings. The highest BCUT2D eigenvalue weighted by Crippen LogP contribution is 2.40. The van der Waals surface area contributed by atoms with Crippen LogP contribution in [0.4, 0.5) is 26.3 Å². The van der Waals surface area contributed by atoms with Gasteiger partial charge < -0.3 is 10.0 Å². The first-order valence-corrected chi connectivity index (χ1v) is 5.59. The Bertz CT molecular complexity index is 369. The van der Waals surface area contributed by atoms with Crippen LogP contribution in [-0.2, 0) is 9.59 Å². The third-order valence-electron chi connectivity index (χ3n) is 3.06. The second-order valence-corrected chi connectivity index (χ2v) is 4.45. The van der Waals surface area contributed by atoms with Gasteiger partial charge in [-0.1, -0.05) is 0 Å². The van der Waals surface area contributed by atoms with E-state index in [0.29, 0.717) is 4.90 Å². The number of aliphatic carboxylic acids is 1. The molecule has 1 amide bonds. The van der Waals surface area contributed by atoms with E-state index in [9.17, 15) is 35.9 Å². The lowest BCUT2D eigenvalue weighted by Gasteiger charge is -2.33. The van der Waals surface area contributed by atoms with Gasteiger partial charge in [-0.25, -0.2) is 0 Å². The van der Waals surface area contributed by atoms with Crippen LogP contribution in [0.3, 0.4) is 0 Å². The van der Waals surface area contributed by atoms with Crippen molar-refractivity contribution in [2.45, 2.75) is 25.2 Å². The zero-order chi connectivity index (χ0) is 15.7. The Labute approximate surface area is 109 Å². The van der Waals surface area contributed by atoms with E-state index in [-0.39, 0.29) is 12.8 Å². The van der Waals surface area contributed by atoms with E-state index in [1.165, 1.54) is 0 Å². The van der Waals surface area contributed by atoms with Crippen molar-refractivity contribution < 1.29 is 41.0 Å². The fourth-order valence-electron chi connectivity index (χ4n) is 1.99. The third kappa shape index (κ3) is 3.76. The highest BCUT2D eigenvalue weighted by molar-refractivity contribution is 5.81. The maximum atomic E-state index is 12.4. The number of carbonyl (C=O) groups excluding carboxylic acids is 1. The van der Waals surface area contributed by atoms with Gasteiger partial charge in [0.15, 0.2) is 0 Å². The van der Waals surface area contributed by atoms with Crippen molar-refractivity contribution in [3.8, 4) is 0 Å². The van der Waals surface area contributed by atoms with Gasteiger partial charge in [-0.3, -0.25) is 9.59 Å². The minimum absolute atomic E-state index is 0.163. The summed E-state index contributed by atoms with van der Waals surface area (Å²) in [6.45, 7) is -0.864. The number of nitrogens with zero attached hydrogens (tertiary/aromatic N) is 1. The van der Waals surface area contributed by atoms with Crippen LogP contribution >= 0.6 is 0 Å². The van der Waals surface area contributed by atoms with Gasteiger partial charge in [0.2, 0.25) is 11.8 Å². The summed E-state index contributed by atoms with van der Waals surface area (Å²) in [5.74, 6) is -8.17. The summed E-state index contributed by atoms with van der Waals surface area (Å²) in [4.78, 5) is 22.4. The summed E-state index contributed by atoms with van der Waals surface area (Å²) in [6, 6.07) is 0. The molecule has 0 bridgehead atoms. The average molecular weight is 307 g/mol. The lowest BCUT2D eigenvalue weighted by molar-refractivity contribution is -0.278. The number of hydrogen-bond donors (Lipinski definition) is 1. The SMILES string of the molecule is O=C(O)C1CCN(C(=O)C(C(F)(F)F)C(F)(F)F)CC1. The number of likely N-dealkylation sites (tertiary alicyclic amines) is 1. The molecule has 10 heteroatoms. The monoisotopic (exact) mass is 307 g/mol. The molecule has 0 unspecified atom stereocenters. The number of alkyl halides is 6. The molecule has 1 aliphatic heterocycles. The number of carboxylic acids is 1. The highest BCUT2D eigenvalue weighted by atomic mass is 19.4. The predicted molar refractivity (Wildman–Crippen MR) is 52.5 cm³/mol. The van der Waals surface area contributed by atoms with Crippen molar-refractivity contribution in [2.75, 3.05) is 13.1 Å². The molecule has 1 heterocycles. The maximum Gasteiger partial charge on any atom is 0.409 e. The minimum Gasteiger partial charge on any atom is -0.481 e. The number of rotatable bonds is 2. The zero-order valence-electron chi connectivity index (χ0n) is 9.96. The van der Waals surface area contributed by atoms with Crippen LogP contribution in [0.15, 0.2) is 0 Å². The Hall–Kier alpha value is -1.48. The van der Waals surface area contributed by atoms with Crippen LogP contribution < -0.4 is 0 Å². The van der Waals surface area contributed by atoms with Gasteiger partial charge in [-0.2, -0.15) is 26.3 Å². The summed E-state index contributed by atoms with van der Waals surface area (Å²) in [5, 5.41) is 8.67. The van der Waals surface area contributed by atoms with Crippen LogP contribution in [0, 0.1) is 11.8 Å². The van der Waals surface area contributed by atoms with Crippen molar-refractivity contribution in [1.82, 2.24) is 4.90 Å². The number of amides is 1. The molecule has 0 atom stereocenters. The van der Waals surface area contributed by atoms with Gasteiger partial charge in [0.1, 0.15) is 0 Å². The summed E-state index contributed by atoms with van der Waals surface area (Å²) >= 11 is 0. The minimum atomic E-state index is -5.72. The molecule has 20 heavy (non-hydrogen) atoms. The molecule has 4 nitrogen and oxygen atoms in total. The summed E-state index contributed by atoms with van der Waals surface area (Å²) < 4.78 is 74.2. The van der Waals surface area contributed by atoms with E-state index < -0.39 is 49.2 Å². The number of carbonyl (C=O) groups is 2. The second kappa shape index (κ2) is 5.49. The molecule has 0 aromatic rings. The quantitative estimate of drug-likeness (QED) is 0.794. The average Bonchev–Trinajstić information content (AvgIpc) is 2.25. The van der Waals surface area contributed by atoms with Crippen molar-refractivity contribution in [3.05, 3.63) is 0 Å². The lowest BCUT2D eigenvalue weighted by atomic mass is 9.95. The smallest absolute Gasteiger partial charge is 0.409 e. The first-order chi connectivity index (χ1) is 8.94. The van der Waals surface area contributed by atoms with Crippen LogP contribution in [0.5, 0.6) is 0 Å². The molecule has 1 saturated heterocycles. The normalized spacial score (nSPS) is 18.4. The molecule has 1 fully saturated rings. The third-order valence-corrected chi connectivity index (χ3v) is 3.06. The van der Waals surface area contributed by atoms with Crippen molar-refractivity contribution in [2.24, 2.45) is 11.8 Å². The predicted octanol–water partition coefficient (Wildman–Crippen LogP) is 2.05. The van der Waals surface area contributed by atoms with Gasteiger partial charge in [-0.15, -0.1) is 0 Å². The van der Waals surface area contributed by atoms with Crippen LogP contribution in [0.1, 0.15) is 12.8 Å². The Morgan fingerprint density at radius 3 is 1.70 bits per heavy atom. The van der Waals surface area contributed by atoms with E-state index in [1.54, 1.807) is 0 Å².